The van der Waals surface area contributed by atoms with Crippen LogP contribution in [0, 0.1) is 12.7 Å². The Hall–Kier alpha value is -3.39. The van der Waals surface area contributed by atoms with Gasteiger partial charge in [-0.15, -0.1) is 0 Å². The number of rotatable bonds is 4. The van der Waals surface area contributed by atoms with Gasteiger partial charge in [0.05, 0.1) is 17.2 Å². The smallest absolute Gasteiger partial charge is 0.340 e. The summed E-state index contributed by atoms with van der Waals surface area (Å²) >= 11 is 0. The summed E-state index contributed by atoms with van der Waals surface area (Å²) in [5.74, 6) is -0.474. The SMILES string of the molecule is CC(=O)N1CCN([C@H]2CCN(C(=O)N(C)[C@H](N)c3cc(C(F)(F)F)cc(C(F)(F)F)c3)[C@@H](c3ccc(F)cc3C)C2)CC1. The number of halogens is 7. The van der Waals surface area contributed by atoms with Crippen LogP contribution in [0.3, 0.4) is 0 Å². The molecule has 0 aliphatic carbocycles. The number of amides is 3. The maximum atomic E-state index is 14.0. The Balaban J connectivity index is 1.62. The molecular formula is C29H34F7N5O2. The molecule has 0 bridgehead atoms. The van der Waals surface area contributed by atoms with Gasteiger partial charge in [0.2, 0.25) is 5.91 Å². The summed E-state index contributed by atoms with van der Waals surface area (Å²) in [5.41, 5.74) is 3.82. The third-order valence-electron chi connectivity index (χ3n) is 8.36. The molecule has 0 spiro atoms. The Morgan fingerprint density at radius 3 is 2.02 bits per heavy atom. The molecule has 2 aliphatic rings. The molecule has 0 saturated carbocycles. The van der Waals surface area contributed by atoms with Crippen LogP contribution in [0.15, 0.2) is 36.4 Å². The molecule has 0 radical (unpaired) electrons. The van der Waals surface area contributed by atoms with Crippen molar-refractivity contribution >= 4 is 11.9 Å². The van der Waals surface area contributed by atoms with Crippen molar-refractivity contribution in [1.29, 1.82) is 0 Å². The quantitative estimate of drug-likeness (QED) is 0.361. The standard InChI is InChI=1S/C29H34F7N5O2/c1-17-12-22(30)4-5-24(17)25-16-23(40-10-8-39(9-11-40)18(2)42)6-7-41(25)27(43)38(3)26(37)19-13-20(28(31,32)33)15-21(14-19)29(34,35)36/h4-5,12-15,23,25-26H,6-11,16,37H2,1-3H3/t23-,25+,26-/m0/s1. The molecule has 2 aliphatic heterocycles. The van der Waals surface area contributed by atoms with Crippen molar-refractivity contribution in [2.45, 2.75) is 57.3 Å². The van der Waals surface area contributed by atoms with Gasteiger partial charge in [0, 0.05) is 52.7 Å². The highest BCUT2D eigenvalue weighted by molar-refractivity contribution is 5.75. The van der Waals surface area contributed by atoms with Gasteiger partial charge >= 0.3 is 18.4 Å². The van der Waals surface area contributed by atoms with Crippen LogP contribution in [0.25, 0.3) is 0 Å². The van der Waals surface area contributed by atoms with Crippen molar-refractivity contribution in [2.75, 3.05) is 39.8 Å². The summed E-state index contributed by atoms with van der Waals surface area (Å²) in [5, 5.41) is 0. The van der Waals surface area contributed by atoms with E-state index < -0.39 is 53.1 Å². The molecular weight excluding hydrogens is 583 g/mol. The summed E-state index contributed by atoms with van der Waals surface area (Å²) < 4.78 is 94.7. The second-order valence-electron chi connectivity index (χ2n) is 11.1. The monoisotopic (exact) mass is 617 g/mol. The first-order chi connectivity index (χ1) is 20.0. The number of piperidine rings is 1. The number of aryl methyl sites for hydroxylation is 1. The van der Waals surface area contributed by atoms with E-state index in [0.717, 1.165) is 4.90 Å². The zero-order valence-electron chi connectivity index (χ0n) is 24.0. The normalized spacial score (nSPS) is 21.1. The predicted molar refractivity (Wildman–Crippen MR) is 144 cm³/mol. The number of carbonyl (C=O) groups is 2. The van der Waals surface area contributed by atoms with Crippen molar-refractivity contribution < 1.29 is 40.3 Å². The molecule has 7 nitrogen and oxygen atoms in total. The molecule has 2 aromatic carbocycles. The minimum absolute atomic E-state index is 0.00634. The Morgan fingerprint density at radius 1 is 0.930 bits per heavy atom. The third-order valence-corrected chi connectivity index (χ3v) is 8.36. The third kappa shape index (κ3) is 7.23. The van der Waals surface area contributed by atoms with Gasteiger partial charge in [-0.3, -0.25) is 9.69 Å². The first kappa shape index (κ1) is 32.5. The van der Waals surface area contributed by atoms with E-state index in [1.54, 1.807) is 17.9 Å². The fraction of sp³-hybridized carbons (Fsp3) is 0.517. The number of likely N-dealkylation sites (tertiary alicyclic amines) is 1. The Bertz CT molecular complexity index is 1310. The van der Waals surface area contributed by atoms with Crippen LogP contribution in [-0.4, -0.2) is 77.4 Å². The van der Waals surface area contributed by atoms with Gasteiger partial charge < -0.3 is 20.4 Å². The van der Waals surface area contributed by atoms with Crippen LogP contribution < -0.4 is 5.73 Å². The van der Waals surface area contributed by atoms with E-state index >= 15 is 0 Å². The van der Waals surface area contributed by atoms with E-state index in [1.165, 1.54) is 31.0 Å². The molecule has 3 atom stereocenters. The number of nitrogens with zero attached hydrogens (tertiary/aromatic N) is 4. The molecule has 0 unspecified atom stereocenters. The molecule has 236 valence electrons. The minimum Gasteiger partial charge on any atom is -0.340 e. The molecule has 4 rings (SSSR count). The minimum atomic E-state index is -5.07. The lowest BCUT2D eigenvalue weighted by Gasteiger charge is -2.47. The van der Waals surface area contributed by atoms with E-state index in [4.69, 9.17) is 5.73 Å². The highest BCUT2D eigenvalue weighted by atomic mass is 19.4. The molecule has 14 heteroatoms. The highest BCUT2D eigenvalue weighted by Crippen LogP contribution is 2.39. The van der Waals surface area contributed by atoms with E-state index in [1.807, 2.05) is 0 Å². The van der Waals surface area contributed by atoms with Crippen molar-refractivity contribution in [3.05, 3.63) is 70.0 Å². The van der Waals surface area contributed by atoms with E-state index in [9.17, 15) is 40.3 Å². The lowest BCUT2D eigenvalue weighted by molar-refractivity contribution is -0.143. The highest BCUT2D eigenvalue weighted by Gasteiger charge is 2.41. The number of alkyl halides is 6. The van der Waals surface area contributed by atoms with Crippen molar-refractivity contribution in [1.82, 2.24) is 19.6 Å². The van der Waals surface area contributed by atoms with Gasteiger partial charge in [0.1, 0.15) is 12.0 Å². The second-order valence-corrected chi connectivity index (χ2v) is 11.1. The summed E-state index contributed by atoms with van der Waals surface area (Å²) in [6.07, 6.45) is -10.8. The molecule has 2 fully saturated rings. The number of hydrogen-bond donors (Lipinski definition) is 1. The van der Waals surface area contributed by atoms with Gasteiger partial charge in [0.25, 0.3) is 0 Å². The topological polar surface area (TPSA) is 73.1 Å². The first-order valence-corrected chi connectivity index (χ1v) is 13.8. The maximum absolute atomic E-state index is 14.0. The molecule has 2 heterocycles. The van der Waals surface area contributed by atoms with Crippen molar-refractivity contribution in [2.24, 2.45) is 5.73 Å². The Labute approximate surface area is 245 Å². The zero-order valence-corrected chi connectivity index (χ0v) is 24.0. The number of piperazine rings is 1. The maximum Gasteiger partial charge on any atom is 0.416 e. The van der Waals surface area contributed by atoms with Crippen LogP contribution in [0.1, 0.15) is 59.8 Å². The molecule has 2 N–H and O–H groups in total. The summed E-state index contributed by atoms with van der Waals surface area (Å²) in [6.45, 7) is 5.81. The Kier molecular flexibility index (Phi) is 9.31. The molecule has 2 aromatic rings. The lowest BCUT2D eigenvalue weighted by atomic mass is 9.88. The summed E-state index contributed by atoms with van der Waals surface area (Å²) in [6, 6.07) is 3.98. The van der Waals surface area contributed by atoms with Crippen molar-refractivity contribution in [3.63, 3.8) is 0 Å². The first-order valence-electron chi connectivity index (χ1n) is 13.8. The van der Waals surface area contributed by atoms with Crippen LogP contribution >= 0.6 is 0 Å². The molecule has 3 amide bonds. The fourth-order valence-electron chi connectivity index (χ4n) is 5.91. The lowest BCUT2D eigenvalue weighted by Crippen LogP contribution is -2.56. The van der Waals surface area contributed by atoms with Crippen LogP contribution in [0.2, 0.25) is 0 Å². The average molecular weight is 618 g/mol. The predicted octanol–water partition coefficient (Wildman–Crippen LogP) is 5.55. The summed E-state index contributed by atoms with van der Waals surface area (Å²) in [7, 11) is 1.22. The number of urea groups is 1. The second kappa shape index (κ2) is 12.3. The largest absolute Gasteiger partial charge is 0.416 e. The van der Waals surface area contributed by atoms with Gasteiger partial charge in [-0.25, -0.2) is 9.18 Å². The summed E-state index contributed by atoms with van der Waals surface area (Å²) in [4.78, 5) is 32.0. The van der Waals surface area contributed by atoms with Gasteiger partial charge in [-0.05, 0) is 66.8 Å². The van der Waals surface area contributed by atoms with Crippen molar-refractivity contribution in [3.8, 4) is 0 Å². The number of benzene rings is 2. The van der Waals surface area contributed by atoms with Crippen LogP contribution in [0.4, 0.5) is 35.5 Å². The van der Waals surface area contributed by atoms with Crippen LogP contribution in [-0.2, 0) is 17.1 Å². The van der Waals surface area contributed by atoms with Crippen LogP contribution in [0.5, 0.6) is 0 Å². The van der Waals surface area contributed by atoms with E-state index in [2.05, 4.69) is 4.90 Å². The molecule has 0 aromatic heterocycles. The van der Waals surface area contributed by atoms with E-state index in [0.29, 0.717) is 62.3 Å². The van der Waals surface area contributed by atoms with Gasteiger partial charge in [-0.1, -0.05) is 6.07 Å². The molecule has 2 saturated heterocycles. The number of hydrogen-bond acceptors (Lipinski definition) is 4. The zero-order chi connectivity index (χ0) is 31.9. The Morgan fingerprint density at radius 2 is 1.51 bits per heavy atom. The molecule has 43 heavy (non-hydrogen) atoms. The fourth-order valence-corrected chi connectivity index (χ4v) is 5.91. The van der Waals surface area contributed by atoms with Gasteiger partial charge in [-0.2, -0.15) is 26.3 Å². The van der Waals surface area contributed by atoms with E-state index in [-0.39, 0.29) is 24.6 Å². The number of carbonyl (C=O) groups excluding carboxylic acids is 2. The van der Waals surface area contributed by atoms with Gasteiger partial charge in [0.15, 0.2) is 0 Å². The average Bonchev–Trinajstić information content (AvgIpc) is 2.94. The number of nitrogens with two attached hydrogens (primary N) is 1.